The van der Waals surface area contributed by atoms with Crippen LogP contribution in [0.15, 0.2) is 189 Å². The summed E-state index contributed by atoms with van der Waals surface area (Å²) in [5.74, 6) is 0. The lowest BCUT2D eigenvalue weighted by molar-refractivity contribution is 1.17. The molecular formula is C50H37N3. The van der Waals surface area contributed by atoms with Crippen molar-refractivity contribution in [3.63, 3.8) is 0 Å². The van der Waals surface area contributed by atoms with Crippen molar-refractivity contribution in [3.05, 3.63) is 200 Å². The Kier molecular flexibility index (Phi) is 8.30. The fourth-order valence-electron chi connectivity index (χ4n) is 7.84. The van der Waals surface area contributed by atoms with E-state index in [9.17, 15) is 0 Å². The average molecular weight is 680 g/mol. The van der Waals surface area contributed by atoms with E-state index >= 15 is 0 Å². The topological polar surface area (TPSA) is 30.7 Å². The zero-order valence-corrected chi connectivity index (χ0v) is 29.6. The van der Waals surface area contributed by atoms with Crippen molar-refractivity contribution in [3.8, 4) is 61.6 Å². The Morgan fingerprint density at radius 3 is 1.62 bits per heavy atom. The van der Waals surface area contributed by atoms with E-state index in [0.717, 1.165) is 28.9 Å². The highest BCUT2D eigenvalue weighted by atomic mass is 15.0. The van der Waals surface area contributed by atoms with E-state index in [4.69, 9.17) is 0 Å². The predicted octanol–water partition coefficient (Wildman–Crippen LogP) is 13.0. The van der Waals surface area contributed by atoms with Gasteiger partial charge in [-0.3, -0.25) is 9.97 Å². The molecule has 1 aliphatic rings. The third-order valence-corrected chi connectivity index (χ3v) is 10.2. The second-order valence-corrected chi connectivity index (χ2v) is 13.4. The molecule has 0 N–H and O–H groups in total. The minimum Gasteiger partial charge on any atom is -0.309 e. The van der Waals surface area contributed by atoms with Crippen LogP contribution in [-0.2, 0) is 6.42 Å². The first-order valence-electron chi connectivity index (χ1n) is 18.1. The molecule has 252 valence electrons. The minimum absolute atomic E-state index is 0.944. The molecule has 0 saturated heterocycles. The number of fused-ring (bicyclic) bond motifs is 6. The molecule has 0 fully saturated rings. The van der Waals surface area contributed by atoms with Gasteiger partial charge in [0.25, 0.3) is 0 Å². The molecule has 3 heteroatoms. The van der Waals surface area contributed by atoms with Crippen LogP contribution in [0.2, 0.25) is 0 Å². The summed E-state index contributed by atoms with van der Waals surface area (Å²) in [6.07, 6.45) is 6.42. The quantitative estimate of drug-likeness (QED) is 0.170. The van der Waals surface area contributed by atoms with Gasteiger partial charge < -0.3 is 4.57 Å². The van der Waals surface area contributed by atoms with Crippen LogP contribution in [0, 0.1) is 0 Å². The van der Waals surface area contributed by atoms with Gasteiger partial charge in [0.05, 0.1) is 22.4 Å². The molecule has 0 saturated carbocycles. The summed E-state index contributed by atoms with van der Waals surface area (Å²) in [6.45, 7) is 5.25. The number of para-hydroxylation sites is 1. The van der Waals surface area contributed by atoms with Gasteiger partial charge in [-0.15, -0.1) is 6.58 Å². The molecule has 0 radical (unpaired) electrons. The van der Waals surface area contributed by atoms with E-state index in [2.05, 4.69) is 167 Å². The Balaban J connectivity index is 0.00000120. The molecule has 0 spiro atoms. The molecule has 0 aliphatic heterocycles. The highest BCUT2D eigenvalue weighted by molar-refractivity contribution is 6.11. The molecule has 1 aliphatic carbocycles. The summed E-state index contributed by atoms with van der Waals surface area (Å²) in [4.78, 5) is 9.34. The monoisotopic (exact) mass is 679 g/mol. The minimum atomic E-state index is 0.944. The second-order valence-electron chi connectivity index (χ2n) is 13.4. The lowest BCUT2D eigenvalue weighted by atomic mass is 9.94. The van der Waals surface area contributed by atoms with Crippen LogP contribution >= 0.6 is 0 Å². The van der Waals surface area contributed by atoms with Crippen LogP contribution in [0.25, 0.3) is 83.4 Å². The molecule has 3 aromatic heterocycles. The van der Waals surface area contributed by atoms with Crippen molar-refractivity contribution in [2.24, 2.45) is 0 Å². The van der Waals surface area contributed by atoms with Gasteiger partial charge >= 0.3 is 0 Å². The van der Waals surface area contributed by atoms with Gasteiger partial charge in [-0.2, -0.15) is 0 Å². The zero-order valence-electron chi connectivity index (χ0n) is 29.6. The maximum atomic E-state index is 4.67. The lowest BCUT2D eigenvalue weighted by Crippen LogP contribution is -1.95. The van der Waals surface area contributed by atoms with Gasteiger partial charge in [-0.25, -0.2) is 0 Å². The van der Waals surface area contributed by atoms with Crippen molar-refractivity contribution >= 4 is 21.8 Å². The smallest absolute Gasteiger partial charge is 0.0708 e. The van der Waals surface area contributed by atoms with Crippen molar-refractivity contribution < 1.29 is 0 Å². The largest absolute Gasteiger partial charge is 0.309 e. The Morgan fingerprint density at radius 1 is 0.472 bits per heavy atom. The fraction of sp³-hybridized carbons (Fsp3) is 0.0400. The van der Waals surface area contributed by atoms with Gasteiger partial charge in [0, 0.05) is 40.0 Å². The molecule has 0 bridgehead atoms. The van der Waals surface area contributed by atoms with E-state index in [1.165, 1.54) is 72.0 Å². The first-order chi connectivity index (χ1) is 26.2. The third kappa shape index (κ3) is 5.73. The molecule has 9 aromatic rings. The highest BCUT2D eigenvalue weighted by Gasteiger charge is 2.22. The molecule has 6 aromatic carbocycles. The number of allylic oxidation sites excluding steroid dienone is 1. The number of aromatic nitrogens is 3. The summed E-state index contributed by atoms with van der Waals surface area (Å²) in [5, 5.41) is 2.48. The van der Waals surface area contributed by atoms with Gasteiger partial charge in [0.15, 0.2) is 0 Å². The van der Waals surface area contributed by atoms with Gasteiger partial charge in [-0.05, 0) is 119 Å². The van der Waals surface area contributed by atoms with E-state index in [1.807, 2.05) is 37.5 Å². The Bertz CT molecular complexity index is 2780. The van der Waals surface area contributed by atoms with E-state index in [-0.39, 0.29) is 0 Å². The number of pyridine rings is 2. The molecular weight excluding hydrogens is 643 g/mol. The molecule has 0 unspecified atom stereocenters. The standard InChI is InChI=1S/C47H31N3.C3H6/c1-3-13-38(44-16-7-9-25-48-44)36(11-1)33-20-19-31-27-32-21-23-35(30-42(32)41(31)28-33)50-46-18-6-5-15-40(46)43-29-34(22-24-47(43)50)37-12-2-4-14-39(37)45-17-8-10-26-49-45;1-3-2/h1-26,28-30H,27H2;3H,1H2,2H3. The van der Waals surface area contributed by atoms with Crippen LogP contribution in [0.3, 0.4) is 0 Å². The summed E-state index contributed by atoms with van der Waals surface area (Å²) >= 11 is 0. The lowest BCUT2D eigenvalue weighted by Gasteiger charge is -2.13. The van der Waals surface area contributed by atoms with Crippen molar-refractivity contribution in [1.82, 2.24) is 14.5 Å². The molecule has 0 amide bonds. The van der Waals surface area contributed by atoms with Gasteiger partial charge in [0.1, 0.15) is 0 Å². The van der Waals surface area contributed by atoms with Crippen LogP contribution in [0.5, 0.6) is 0 Å². The second kappa shape index (κ2) is 13.7. The number of benzene rings is 6. The SMILES string of the molecule is C=CC.c1ccc(-c2ccccc2-c2ccc3c(c2)-c2cc(-n4c5ccccc5c5cc(-c6ccccc6-c6ccccn6)ccc54)ccc2C3)nc1. The summed E-state index contributed by atoms with van der Waals surface area (Å²) in [6, 6.07) is 59.0. The Morgan fingerprint density at radius 2 is 0.981 bits per heavy atom. The Labute approximate surface area is 310 Å². The number of nitrogens with zero attached hydrogens (tertiary/aromatic N) is 3. The zero-order chi connectivity index (χ0) is 35.7. The third-order valence-electron chi connectivity index (χ3n) is 10.2. The maximum absolute atomic E-state index is 4.67. The molecule has 53 heavy (non-hydrogen) atoms. The van der Waals surface area contributed by atoms with Gasteiger partial charge in [-0.1, -0.05) is 109 Å². The van der Waals surface area contributed by atoms with Crippen LogP contribution in [-0.4, -0.2) is 14.5 Å². The van der Waals surface area contributed by atoms with Crippen LogP contribution < -0.4 is 0 Å². The van der Waals surface area contributed by atoms with E-state index in [0.29, 0.717) is 0 Å². The summed E-state index contributed by atoms with van der Waals surface area (Å²) in [5.41, 5.74) is 17.9. The molecule has 3 heterocycles. The van der Waals surface area contributed by atoms with E-state index in [1.54, 1.807) is 6.08 Å². The van der Waals surface area contributed by atoms with Crippen LogP contribution in [0.4, 0.5) is 0 Å². The van der Waals surface area contributed by atoms with E-state index < -0.39 is 0 Å². The first kappa shape index (κ1) is 32.1. The average Bonchev–Trinajstić information content (AvgIpc) is 3.76. The van der Waals surface area contributed by atoms with Crippen molar-refractivity contribution in [2.75, 3.05) is 0 Å². The number of rotatable bonds is 5. The normalized spacial score (nSPS) is 11.5. The highest BCUT2D eigenvalue weighted by Crippen LogP contribution is 2.43. The van der Waals surface area contributed by atoms with Crippen molar-refractivity contribution in [2.45, 2.75) is 13.3 Å². The fourth-order valence-corrected chi connectivity index (χ4v) is 7.84. The molecule has 0 atom stereocenters. The molecule has 3 nitrogen and oxygen atoms in total. The maximum Gasteiger partial charge on any atom is 0.0708 e. The number of hydrogen-bond acceptors (Lipinski definition) is 2. The molecule has 10 rings (SSSR count). The first-order valence-corrected chi connectivity index (χ1v) is 18.1. The summed E-state index contributed by atoms with van der Waals surface area (Å²) < 4.78 is 2.43. The Hall–Kier alpha value is -6.84. The van der Waals surface area contributed by atoms with Gasteiger partial charge in [0.2, 0.25) is 0 Å². The van der Waals surface area contributed by atoms with Crippen molar-refractivity contribution in [1.29, 1.82) is 0 Å². The van der Waals surface area contributed by atoms with Crippen LogP contribution in [0.1, 0.15) is 18.1 Å². The predicted molar refractivity (Wildman–Crippen MR) is 222 cm³/mol. The summed E-state index contributed by atoms with van der Waals surface area (Å²) in [7, 11) is 0. The number of hydrogen-bond donors (Lipinski definition) is 0.